The average molecular weight is 372 g/mol. The van der Waals surface area contributed by atoms with Crippen LogP contribution in [0.3, 0.4) is 0 Å². The molecule has 3 aromatic rings. The Morgan fingerprint density at radius 3 is 2.73 bits per heavy atom. The Labute approximate surface area is 155 Å². The first kappa shape index (κ1) is 17.9. The van der Waals surface area contributed by atoms with E-state index >= 15 is 0 Å². The summed E-state index contributed by atoms with van der Waals surface area (Å²) in [6.45, 7) is 4.20. The number of methoxy groups -OCH3 is 1. The average Bonchev–Trinajstić information content (AvgIpc) is 3.16. The number of halogens is 1. The summed E-state index contributed by atoms with van der Waals surface area (Å²) in [7, 11) is 1.49. The number of rotatable bonds is 5. The molecule has 7 nitrogen and oxygen atoms in total. The quantitative estimate of drug-likeness (QED) is 0.739. The first-order valence-corrected chi connectivity index (χ1v) is 8.39. The number of anilines is 1. The third-order valence-corrected chi connectivity index (χ3v) is 4.22. The summed E-state index contributed by atoms with van der Waals surface area (Å²) >= 11 is 6.31. The topological polar surface area (TPSA) is 81.9 Å². The number of aromatic nitrogens is 4. The molecule has 0 aliphatic heterocycles. The first-order chi connectivity index (χ1) is 12.5. The van der Waals surface area contributed by atoms with Crippen LogP contribution in [0.5, 0.6) is 5.75 Å². The van der Waals surface area contributed by atoms with Crippen molar-refractivity contribution in [3.05, 3.63) is 58.9 Å². The lowest BCUT2D eigenvalue weighted by atomic mass is 10.0. The number of nitrogens with zero attached hydrogens (tertiary/aromatic N) is 4. The number of hydrogen-bond donors (Lipinski definition) is 1. The molecule has 1 amide bonds. The van der Waals surface area contributed by atoms with Gasteiger partial charge in [0, 0.05) is 11.8 Å². The van der Waals surface area contributed by atoms with Crippen molar-refractivity contribution in [2.75, 3.05) is 12.4 Å². The van der Waals surface area contributed by atoms with E-state index in [9.17, 15) is 4.79 Å². The van der Waals surface area contributed by atoms with Crippen LogP contribution in [0.2, 0.25) is 5.02 Å². The number of hydrogen-bond acceptors (Lipinski definition) is 5. The van der Waals surface area contributed by atoms with E-state index in [1.54, 1.807) is 12.1 Å². The summed E-state index contributed by atoms with van der Waals surface area (Å²) < 4.78 is 6.76. The van der Waals surface area contributed by atoms with Gasteiger partial charge in [0.05, 0.1) is 23.4 Å². The molecule has 0 unspecified atom stereocenters. The van der Waals surface area contributed by atoms with Gasteiger partial charge in [0.2, 0.25) is 0 Å². The summed E-state index contributed by atoms with van der Waals surface area (Å²) in [5, 5.41) is 14.2. The van der Waals surface area contributed by atoms with E-state index in [1.807, 2.05) is 24.3 Å². The van der Waals surface area contributed by atoms with Crippen molar-refractivity contribution in [1.29, 1.82) is 0 Å². The van der Waals surface area contributed by atoms with Crippen molar-refractivity contribution in [2.45, 2.75) is 19.8 Å². The molecule has 0 bridgehead atoms. The largest absolute Gasteiger partial charge is 0.496 e. The van der Waals surface area contributed by atoms with Crippen LogP contribution in [0, 0.1) is 0 Å². The second kappa shape index (κ2) is 7.53. The number of carbonyl (C=O) groups excluding carboxylic acids is 1. The summed E-state index contributed by atoms with van der Waals surface area (Å²) in [4.78, 5) is 12.7. The summed E-state index contributed by atoms with van der Waals surface area (Å²) in [5.41, 5.74) is 2.70. The van der Waals surface area contributed by atoms with Gasteiger partial charge in [-0.2, -0.15) is 4.68 Å². The van der Waals surface area contributed by atoms with E-state index < -0.39 is 0 Å². The molecule has 8 heteroatoms. The standard InChI is InChI=1S/C18H18ClN5O2/c1-11(2)12-5-4-6-13(7-12)21-18(25)14-8-15(19)16(9-17(14)26-3)24-10-20-22-23-24/h4-11H,1-3H3,(H,21,25). The third kappa shape index (κ3) is 3.67. The van der Waals surface area contributed by atoms with Crippen LogP contribution >= 0.6 is 11.6 Å². The van der Waals surface area contributed by atoms with Crippen LogP contribution < -0.4 is 10.1 Å². The molecule has 0 aliphatic carbocycles. The summed E-state index contributed by atoms with van der Waals surface area (Å²) in [6, 6.07) is 10.9. The van der Waals surface area contributed by atoms with Gasteiger partial charge in [-0.3, -0.25) is 4.79 Å². The number of ether oxygens (including phenoxy) is 1. The van der Waals surface area contributed by atoms with Gasteiger partial charge in [0.1, 0.15) is 12.1 Å². The van der Waals surface area contributed by atoms with Gasteiger partial charge in [0.25, 0.3) is 5.91 Å². The zero-order valence-electron chi connectivity index (χ0n) is 14.6. The zero-order valence-corrected chi connectivity index (χ0v) is 15.4. The molecule has 26 heavy (non-hydrogen) atoms. The zero-order chi connectivity index (χ0) is 18.7. The lowest BCUT2D eigenvalue weighted by molar-refractivity contribution is 0.102. The van der Waals surface area contributed by atoms with Crippen LogP contribution in [0.15, 0.2) is 42.7 Å². The number of amides is 1. The highest BCUT2D eigenvalue weighted by Crippen LogP contribution is 2.30. The number of nitrogens with one attached hydrogen (secondary N) is 1. The van der Waals surface area contributed by atoms with Gasteiger partial charge in [-0.15, -0.1) is 5.10 Å². The Balaban J connectivity index is 1.92. The maximum atomic E-state index is 12.7. The molecule has 0 fully saturated rings. The molecular weight excluding hydrogens is 354 g/mol. The van der Waals surface area contributed by atoms with Gasteiger partial charge in [0.15, 0.2) is 0 Å². The lowest BCUT2D eigenvalue weighted by Gasteiger charge is -2.13. The van der Waals surface area contributed by atoms with E-state index in [-0.39, 0.29) is 5.91 Å². The van der Waals surface area contributed by atoms with E-state index in [1.165, 1.54) is 18.1 Å². The van der Waals surface area contributed by atoms with Crippen molar-refractivity contribution in [3.63, 3.8) is 0 Å². The molecule has 0 saturated heterocycles. The van der Waals surface area contributed by atoms with E-state index in [0.29, 0.717) is 33.6 Å². The fraction of sp³-hybridized carbons (Fsp3) is 0.222. The number of benzene rings is 2. The van der Waals surface area contributed by atoms with Crippen LogP contribution in [0.25, 0.3) is 5.69 Å². The highest BCUT2D eigenvalue weighted by molar-refractivity contribution is 6.33. The maximum absolute atomic E-state index is 12.7. The molecule has 3 rings (SSSR count). The molecule has 0 saturated carbocycles. The molecule has 0 atom stereocenters. The molecule has 1 heterocycles. The van der Waals surface area contributed by atoms with Crippen molar-refractivity contribution in [3.8, 4) is 11.4 Å². The minimum Gasteiger partial charge on any atom is -0.496 e. The third-order valence-electron chi connectivity index (χ3n) is 3.92. The smallest absolute Gasteiger partial charge is 0.259 e. The molecular formula is C18H18ClN5O2. The Morgan fingerprint density at radius 1 is 1.27 bits per heavy atom. The highest BCUT2D eigenvalue weighted by Gasteiger charge is 2.18. The second-order valence-electron chi connectivity index (χ2n) is 5.99. The molecule has 2 aromatic carbocycles. The van der Waals surface area contributed by atoms with Crippen LogP contribution in [-0.4, -0.2) is 33.2 Å². The van der Waals surface area contributed by atoms with Gasteiger partial charge in [-0.05, 0) is 40.1 Å². The molecule has 1 aromatic heterocycles. The molecule has 0 aliphatic rings. The van der Waals surface area contributed by atoms with Crippen LogP contribution in [-0.2, 0) is 0 Å². The highest BCUT2D eigenvalue weighted by atomic mass is 35.5. The molecule has 1 N–H and O–H groups in total. The van der Waals surface area contributed by atoms with E-state index in [2.05, 4.69) is 34.7 Å². The number of carbonyl (C=O) groups is 1. The predicted octanol–water partition coefficient (Wildman–Crippen LogP) is 3.70. The van der Waals surface area contributed by atoms with E-state index in [0.717, 1.165) is 5.56 Å². The Hall–Kier alpha value is -2.93. The van der Waals surface area contributed by atoms with Crippen molar-refractivity contribution < 1.29 is 9.53 Å². The Bertz CT molecular complexity index is 925. The second-order valence-corrected chi connectivity index (χ2v) is 6.40. The van der Waals surface area contributed by atoms with Crippen molar-refractivity contribution in [2.24, 2.45) is 0 Å². The normalized spacial score (nSPS) is 10.8. The monoisotopic (exact) mass is 371 g/mol. The fourth-order valence-electron chi connectivity index (χ4n) is 2.51. The lowest BCUT2D eigenvalue weighted by Crippen LogP contribution is -2.14. The molecule has 0 spiro atoms. The number of tetrazole rings is 1. The minimum absolute atomic E-state index is 0.312. The Kier molecular flexibility index (Phi) is 5.18. The Morgan fingerprint density at radius 2 is 2.08 bits per heavy atom. The maximum Gasteiger partial charge on any atom is 0.259 e. The van der Waals surface area contributed by atoms with Gasteiger partial charge in [-0.1, -0.05) is 37.6 Å². The summed E-state index contributed by atoms with van der Waals surface area (Å²) in [6.07, 6.45) is 1.41. The SMILES string of the molecule is COc1cc(-n2cnnn2)c(Cl)cc1C(=O)Nc1cccc(C(C)C)c1. The van der Waals surface area contributed by atoms with Crippen molar-refractivity contribution >= 4 is 23.2 Å². The first-order valence-electron chi connectivity index (χ1n) is 8.01. The van der Waals surface area contributed by atoms with Gasteiger partial charge >= 0.3 is 0 Å². The summed E-state index contributed by atoms with van der Waals surface area (Å²) in [5.74, 6) is 0.428. The van der Waals surface area contributed by atoms with Crippen LogP contribution in [0.4, 0.5) is 5.69 Å². The molecule has 134 valence electrons. The predicted molar refractivity (Wildman–Crippen MR) is 99.2 cm³/mol. The van der Waals surface area contributed by atoms with Crippen LogP contribution in [0.1, 0.15) is 35.7 Å². The minimum atomic E-state index is -0.312. The molecule has 0 radical (unpaired) electrons. The fourth-order valence-corrected chi connectivity index (χ4v) is 2.76. The van der Waals surface area contributed by atoms with Crippen molar-refractivity contribution in [1.82, 2.24) is 20.2 Å². The van der Waals surface area contributed by atoms with E-state index in [4.69, 9.17) is 16.3 Å². The van der Waals surface area contributed by atoms with Gasteiger partial charge < -0.3 is 10.1 Å². The van der Waals surface area contributed by atoms with Gasteiger partial charge in [-0.25, -0.2) is 0 Å².